The second-order valence-corrected chi connectivity index (χ2v) is 5.54. The van der Waals surface area contributed by atoms with Crippen LogP contribution in [0.25, 0.3) is 0 Å². The maximum Gasteiger partial charge on any atom is 0.410 e. The van der Waals surface area contributed by atoms with Crippen molar-refractivity contribution in [2.75, 3.05) is 13.1 Å². The molecule has 3 fully saturated rings. The van der Waals surface area contributed by atoms with Crippen LogP contribution < -0.4 is 0 Å². The summed E-state index contributed by atoms with van der Waals surface area (Å²) in [6.07, 6.45) is 0.762. The van der Waals surface area contributed by atoms with Gasteiger partial charge in [-0.05, 0) is 27.2 Å². The lowest BCUT2D eigenvalue weighted by Crippen LogP contribution is -2.58. The lowest BCUT2D eigenvalue weighted by molar-refractivity contribution is 0.0108. The zero-order valence-electron chi connectivity index (χ0n) is 9.93. The topological polar surface area (TPSA) is 62.1 Å². The summed E-state index contributed by atoms with van der Waals surface area (Å²) in [6, 6.07) is 0. The number of amides is 1. The molecule has 5 heteroatoms. The van der Waals surface area contributed by atoms with Crippen LogP contribution in [0.1, 0.15) is 27.2 Å². The van der Waals surface area contributed by atoms with Crippen molar-refractivity contribution < 1.29 is 14.7 Å². The average molecular weight is 226 g/mol. The molecule has 16 heavy (non-hydrogen) atoms. The van der Waals surface area contributed by atoms with Gasteiger partial charge in [0, 0.05) is 24.9 Å². The van der Waals surface area contributed by atoms with Crippen LogP contribution in [0.2, 0.25) is 0 Å². The minimum absolute atomic E-state index is 0.233. The van der Waals surface area contributed by atoms with Crippen molar-refractivity contribution in [3.8, 4) is 0 Å². The molecular formula is C11H18N2O3. The van der Waals surface area contributed by atoms with Crippen LogP contribution in [0.15, 0.2) is 5.16 Å². The van der Waals surface area contributed by atoms with Gasteiger partial charge < -0.3 is 14.8 Å². The molecule has 1 saturated carbocycles. The highest BCUT2D eigenvalue weighted by molar-refractivity contribution is 5.95. The number of nitrogens with zero attached hydrogens (tertiary/aromatic N) is 2. The molecule has 3 aliphatic rings. The van der Waals surface area contributed by atoms with Crippen molar-refractivity contribution >= 4 is 11.8 Å². The molecule has 3 rings (SSSR count). The Bertz CT molecular complexity index is 319. The number of fused-ring (bicyclic) bond motifs is 2. The minimum atomic E-state index is -0.452. The number of carbonyl (C=O) groups is 1. The quantitative estimate of drug-likeness (QED) is 0.505. The van der Waals surface area contributed by atoms with E-state index >= 15 is 0 Å². The predicted octanol–water partition coefficient (Wildman–Crippen LogP) is 1.70. The molecule has 0 aromatic rings. The Morgan fingerprint density at radius 2 is 2.00 bits per heavy atom. The summed E-state index contributed by atoms with van der Waals surface area (Å²) in [4.78, 5) is 13.5. The second-order valence-electron chi connectivity index (χ2n) is 5.54. The summed E-state index contributed by atoms with van der Waals surface area (Å²) in [5, 5.41) is 12.0. The van der Waals surface area contributed by atoms with E-state index in [0.717, 1.165) is 12.1 Å². The largest absolute Gasteiger partial charge is 0.444 e. The Kier molecular flexibility index (Phi) is 2.56. The Morgan fingerprint density at radius 1 is 1.44 bits per heavy atom. The summed E-state index contributed by atoms with van der Waals surface area (Å²) in [7, 11) is 0. The summed E-state index contributed by atoms with van der Waals surface area (Å²) in [5.41, 5.74) is 0.395. The molecule has 2 unspecified atom stereocenters. The molecule has 0 spiro atoms. The number of oxime groups is 1. The van der Waals surface area contributed by atoms with Gasteiger partial charge in [0.1, 0.15) is 5.60 Å². The summed E-state index contributed by atoms with van der Waals surface area (Å²) in [6.45, 7) is 6.80. The van der Waals surface area contributed by atoms with E-state index in [1.165, 1.54) is 0 Å². The van der Waals surface area contributed by atoms with E-state index in [1.54, 1.807) is 4.90 Å². The van der Waals surface area contributed by atoms with E-state index in [2.05, 4.69) is 5.16 Å². The average Bonchev–Trinajstić information content (AvgIpc) is 2.16. The summed E-state index contributed by atoms with van der Waals surface area (Å²) >= 11 is 0. The van der Waals surface area contributed by atoms with Gasteiger partial charge >= 0.3 is 6.09 Å². The van der Waals surface area contributed by atoms with Gasteiger partial charge in [-0.15, -0.1) is 0 Å². The first-order valence-corrected chi connectivity index (χ1v) is 5.60. The van der Waals surface area contributed by atoms with Crippen molar-refractivity contribution in [3.05, 3.63) is 0 Å². The third-order valence-electron chi connectivity index (χ3n) is 3.05. The van der Waals surface area contributed by atoms with E-state index in [1.807, 2.05) is 20.8 Å². The zero-order valence-corrected chi connectivity index (χ0v) is 9.93. The third-order valence-corrected chi connectivity index (χ3v) is 3.05. The van der Waals surface area contributed by atoms with Gasteiger partial charge in [0.15, 0.2) is 0 Å². The normalized spacial score (nSPS) is 28.4. The van der Waals surface area contributed by atoms with Crippen LogP contribution in [0.4, 0.5) is 4.79 Å². The highest BCUT2D eigenvalue weighted by Gasteiger charge is 2.46. The van der Waals surface area contributed by atoms with E-state index in [-0.39, 0.29) is 17.9 Å². The lowest BCUT2D eigenvalue weighted by atomic mass is 9.69. The van der Waals surface area contributed by atoms with Gasteiger partial charge in [0.25, 0.3) is 0 Å². The van der Waals surface area contributed by atoms with Gasteiger partial charge in [0.05, 0.1) is 5.71 Å². The number of hydrogen-bond acceptors (Lipinski definition) is 4. The highest BCUT2D eigenvalue weighted by Crippen LogP contribution is 2.37. The number of ether oxygens (including phenoxy) is 1. The standard InChI is InChI=1S/C11H18N2O3/c1-11(2,3)16-10(14)13-5-7-4-8(6-13)9(7)12-15/h7-8,15H,4-6H2,1-3H3. The van der Waals surface area contributed by atoms with Crippen LogP contribution in [0.3, 0.4) is 0 Å². The third kappa shape index (κ3) is 1.99. The molecule has 1 N–H and O–H groups in total. The number of piperidine rings is 2. The molecule has 5 nitrogen and oxygen atoms in total. The molecule has 90 valence electrons. The van der Waals surface area contributed by atoms with Crippen molar-refractivity contribution in [2.24, 2.45) is 17.0 Å². The van der Waals surface area contributed by atoms with E-state index in [4.69, 9.17) is 9.94 Å². The van der Waals surface area contributed by atoms with Gasteiger partial charge in [-0.25, -0.2) is 4.79 Å². The number of hydrogen-bond donors (Lipinski definition) is 1. The Labute approximate surface area is 95.1 Å². The van der Waals surface area contributed by atoms with E-state index < -0.39 is 5.60 Å². The first kappa shape index (κ1) is 11.2. The fourth-order valence-corrected chi connectivity index (χ4v) is 2.34. The van der Waals surface area contributed by atoms with Gasteiger partial charge in [-0.3, -0.25) is 0 Å². The van der Waals surface area contributed by atoms with Gasteiger partial charge in [0.2, 0.25) is 0 Å². The van der Waals surface area contributed by atoms with Crippen molar-refractivity contribution in [1.82, 2.24) is 4.90 Å². The number of carbonyl (C=O) groups excluding carboxylic acids is 1. The molecule has 0 aromatic carbocycles. The first-order valence-electron chi connectivity index (χ1n) is 5.60. The zero-order chi connectivity index (χ0) is 11.9. The summed E-state index contributed by atoms with van der Waals surface area (Å²) < 4.78 is 5.30. The first-order chi connectivity index (χ1) is 7.40. The molecule has 2 aliphatic heterocycles. The van der Waals surface area contributed by atoms with E-state index in [0.29, 0.717) is 13.1 Å². The second kappa shape index (κ2) is 3.64. The Balaban J connectivity index is 1.93. The smallest absolute Gasteiger partial charge is 0.410 e. The maximum atomic E-state index is 11.8. The predicted molar refractivity (Wildman–Crippen MR) is 58.6 cm³/mol. The van der Waals surface area contributed by atoms with E-state index in [9.17, 15) is 4.79 Å². The molecule has 1 amide bonds. The summed E-state index contributed by atoms with van der Waals surface area (Å²) in [5.74, 6) is 0.465. The minimum Gasteiger partial charge on any atom is -0.444 e. The fraction of sp³-hybridized carbons (Fsp3) is 0.818. The van der Waals surface area contributed by atoms with Crippen LogP contribution >= 0.6 is 0 Å². The lowest BCUT2D eigenvalue weighted by Gasteiger charge is -2.47. The monoisotopic (exact) mass is 226 g/mol. The van der Waals surface area contributed by atoms with Crippen molar-refractivity contribution in [2.45, 2.75) is 32.8 Å². The SMILES string of the molecule is CC(C)(C)OC(=O)N1CC2CC(C1)C2=NO. The molecule has 2 saturated heterocycles. The van der Waals surface area contributed by atoms with Crippen molar-refractivity contribution in [3.63, 3.8) is 0 Å². The molecule has 0 aromatic heterocycles. The van der Waals surface area contributed by atoms with Crippen LogP contribution in [0, 0.1) is 11.8 Å². The molecule has 0 radical (unpaired) electrons. The fourth-order valence-electron chi connectivity index (χ4n) is 2.34. The number of rotatable bonds is 0. The molecule has 2 atom stereocenters. The molecular weight excluding hydrogens is 208 g/mol. The Morgan fingerprint density at radius 3 is 2.44 bits per heavy atom. The van der Waals surface area contributed by atoms with Crippen LogP contribution in [0.5, 0.6) is 0 Å². The van der Waals surface area contributed by atoms with Gasteiger partial charge in [-0.2, -0.15) is 0 Å². The van der Waals surface area contributed by atoms with Gasteiger partial charge in [-0.1, -0.05) is 5.16 Å². The van der Waals surface area contributed by atoms with Crippen molar-refractivity contribution in [1.29, 1.82) is 0 Å². The Hall–Kier alpha value is -1.26. The van der Waals surface area contributed by atoms with Crippen LogP contribution in [-0.2, 0) is 4.74 Å². The molecule has 2 heterocycles. The van der Waals surface area contributed by atoms with Crippen LogP contribution in [-0.4, -0.2) is 40.6 Å². The highest BCUT2D eigenvalue weighted by atomic mass is 16.6. The molecule has 2 bridgehead atoms. The maximum absolute atomic E-state index is 11.8. The molecule has 1 aliphatic carbocycles.